The van der Waals surface area contributed by atoms with Crippen molar-refractivity contribution in [2.24, 2.45) is 0 Å². The van der Waals surface area contributed by atoms with E-state index in [1.165, 1.54) is 23.9 Å². The summed E-state index contributed by atoms with van der Waals surface area (Å²) in [6.45, 7) is 3.09. The highest BCUT2D eigenvalue weighted by Gasteiger charge is 2.16. The Labute approximate surface area is 167 Å². The SMILES string of the molecule is COCCn1c(SCC(=O)Nc2cccc(F)c2)nnc1-c1cccc(C)c1. The number of thioether (sulfide) groups is 1. The topological polar surface area (TPSA) is 69.0 Å². The molecule has 0 aliphatic rings. The summed E-state index contributed by atoms with van der Waals surface area (Å²) >= 11 is 1.28. The Hall–Kier alpha value is -2.71. The summed E-state index contributed by atoms with van der Waals surface area (Å²) < 4.78 is 20.4. The van der Waals surface area contributed by atoms with Crippen LogP contribution in [0.5, 0.6) is 0 Å². The maximum absolute atomic E-state index is 13.2. The third kappa shape index (κ3) is 5.17. The molecule has 3 rings (SSSR count). The molecule has 1 aromatic heterocycles. The maximum atomic E-state index is 13.2. The van der Waals surface area contributed by atoms with Crippen LogP contribution in [0.25, 0.3) is 11.4 Å². The van der Waals surface area contributed by atoms with Crippen molar-refractivity contribution in [3.63, 3.8) is 0 Å². The third-order valence-corrected chi connectivity index (χ3v) is 4.92. The number of methoxy groups -OCH3 is 1. The first-order valence-electron chi connectivity index (χ1n) is 8.74. The lowest BCUT2D eigenvalue weighted by atomic mass is 10.1. The second-order valence-corrected chi connectivity index (χ2v) is 7.11. The highest BCUT2D eigenvalue weighted by Crippen LogP contribution is 2.25. The lowest BCUT2D eigenvalue weighted by molar-refractivity contribution is -0.113. The molecule has 6 nitrogen and oxygen atoms in total. The van der Waals surface area contributed by atoms with Crippen LogP contribution in [0.4, 0.5) is 10.1 Å². The number of carbonyl (C=O) groups is 1. The Morgan fingerprint density at radius 1 is 1.21 bits per heavy atom. The molecule has 1 N–H and O–H groups in total. The van der Waals surface area contributed by atoms with Gasteiger partial charge >= 0.3 is 0 Å². The molecular formula is C20H21FN4O2S. The Kier molecular flexibility index (Phi) is 6.78. The molecule has 2 aromatic carbocycles. The van der Waals surface area contributed by atoms with E-state index >= 15 is 0 Å². The number of benzene rings is 2. The fourth-order valence-corrected chi connectivity index (χ4v) is 3.44. The van der Waals surface area contributed by atoms with E-state index in [0.29, 0.717) is 24.0 Å². The van der Waals surface area contributed by atoms with E-state index in [2.05, 4.69) is 15.5 Å². The number of rotatable bonds is 8. The number of aromatic nitrogens is 3. The van der Waals surface area contributed by atoms with Gasteiger partial charge in [-0.05, 0) is 31.2 Å². The summed E-state index contributed by atoms with van der Waals surface area (Å²) in [6.07, 6.45) is 0. The predicted molar refractivity (Wildman–Crippen MR) is 108 cm³/mol. The Morgan fingerprint density at radius 3 is 2.79 bits per heavy atom. The smallest absolute Gasteiger partial charge is 0.234 e. The molecule has 1 amide bonds. The number of aryl methyl sites for hydroxylation is 1. The van der Waals surface area contributed by atoms with Crippen molar-refractivity contribution in [1.82, 2.24) is 14.8 Å². The minimum atomic E-state index is -0.396. The standard InChI is InChI=1S/C20H21FN4O2S/c1-14-5-3-6-15(11-14)19-23-24-20(25(19)9-10-27-2)28-13-18(26)22-17-8-4-7-16(21)12-17/h3-8,11-12H,9-10,13H2,1-2H3,(H,22,26). The van der Waals surface area contributed by atoms with Crippen molar-refractivity contribution in [3.05, 3.63) is 59.9 Å². The molecule has 0 bridgehead atoms. The van der Waals surface area contributed by atoms with Crippen LogP contribution in [-0.4, -0.2) is 40.1 Å². The number of ether oxygens (including phenoxy) is 1. The van der Waals surface area contributed by atoms with Gasteiger partial charge in [0.15, 0.2) is 11.0 Å². The molecule has 0 spiro atoms. The first kappa shape index (κ1) is 20.0. The number of hydrogen-bond donors (Lipinski definition) is 1. The van der Waals surface area contributed by atoms with E-state index in [0.717, 1.165) is 17.0 Å². The van der Waals surface area contributed by atoms with Gasteiger partial charge in [0.1, 0.15) is 5.82 Å². The molecule has 0 unspecified atom stereocenters. The quantitative estimate of drug-likeness (QED) is 0.583. The summed E-state index contributed by atoms with van der Waals surface area (Å²) in [4.78, 5) is 12.2. The predicted octanol–water partition coefficient (Wildman–Crippen LogP) is 3.77. The van der Waals surface area contributed by atoms with Crippen molar-refractivity contribution in [2.45, 2.75) is 18.6 Å². The Balaban J connectivity index is 1.73. The van der Waals surface area contributed by atoms with E-state index in [1.54, 1.807) is 19.2 Å². The lowest BCUT2D eigenvalue weighted by Crippen LogP contribution is -2.15. The van der Waals surface area contributed by atoms with E-state index < -0.39 is 5.82 Å². The van der Waals surface area contributed by atoms with Gasteiger partial charge in [0, 0.05) is 18.4 Å². The monoisotopic (exact) mass is 400 g/mol. The average molecular weight is 400 g/mol. The largest absolute Gasteiger partial charge is 0.383 e. The normalized spacial score (nSPS) is 10.8. The lowest BCUT2D eigenvalue weighted by Gasteiger charge is -2.10. The molecule has 0 aliphatic heterocycles. The number of anilines is 1. The van der Waals surface area contributed by atoms with Gasteiger partial charge in [-0.25, -0.2) is 4.39 Å². The zero-order valence-electron chi connectivity index (χ0n) is 15.7. The van der Waals surface area contributed by atoms with Gasteiger partial charge in [-0.2, -0.15) is 0 Å². The van der Waals surface area contributed by atoms with Crippen LogP contribution in [0.3, 0.4) is 0 Å². The second kappa shape index (κ2) is 9.48. The number of nitrogens with zero attached hydrogens (tertiary/aromatic N) is 3. The maximum Gasteiger partial charge on any atom is 0.234 e. The minimum absolute atomic E-state index is 0.134. The molecule has 0 aliphatic carbocycles. The fraction of sp³-hybridized carbons (Fsp3) is 0.250. The molecule has 8 heteroatoms. The summed E-state index contributed by atoms with van der Waals surface area (Å²) in [5.41, 5.74) is 2.51. The van der Waals surface area contributed by atoms with Gasteiger partial charge in [-0.15, -0.1) is 10.2 Å². The van der Waals surface area contributed by atoms with Gasteiger partial charge in [-0.1, -0.05) is 41.6 Å². The minimum Gasteiger partial charge on any atom is -0.383 e. The van der Waals surface area contributed by atoms with Crippen LogP contribution in [0.1, 0.15) is 5.56 Å². The van der Waals surface area contributed by atoms with Crippen molar-refractivity contribution in [3.8, 4) is 11.4 Å². The van der Waals surface area contributed by atoms with E-state index in [1.807, 2.05) is 35.8 Å². The number of amides is 1. The molecule has 3 aromatic rings. The first-order valence-corrected chi connectivity index (χ1v) is 9.73. The number of hydrogen-bond acceptors (Lipinski definition) is 5. The van der Waals surface area contributed by atoms with Gasteiger partial charge in [0.2, 0.25) is 5.91 Å². The van der Waals surface area contributed by atoms with Crippen LogP contribution in [0, 0.1) is 12.7 Å². The molecule has 0 saturated carbocycles. The molecule has 0 fully saturated rings. The van der Waals surface area contributed by atoms with Crippen LogP contribution >= 0.6 is 11.8 Å². The Bertz CT molecular complexity index is 961. The zero-order chi connectivity index (χ0) is 19.9. The Morgan fingerprint density at radius 2 is 2.04 bits per heavy atom. The molecule has 0 radical (unpaired) electrons. The summed E-state index contributed by atoms with van der Waals surface area (Å²) in [7, 11) is 1.63. The molecule has 0 atom stereocenters. The van der Waals surface area contributed by atoms with Gasteiger partial charge in [0.25, 0.3) is 0 Å². The van der Waals surface area contributed by atoms with Crippen LogP contribution < -0.4 is 5.32 Å². The molecular weight excluding hydrogens is 379 g/mol. The third-order valence-electron chi connectivity index (χ3n) is 3.95. The van der Waals surface area contributed by atoms with Crippen LogP contribution in [0.15, 0.2) is 53.7 Å². The number of carbonyl (C=O) groups excluding carboxylic acids is 1. The zero-order valence-corrected chi connectivity index (χ0v) is 16.5. The van der Waals surface area contributed by atoms with Crippen LogP contribution in [0.2, 0.25) is 0 Å². The molecule has 28 heavy (non-hydrogen) atoms. The van der Waals surface area contributed by atoms with Crippen molar-refractivity contribution >= 4 is 23.4 Å². The van der Waals surface area contributed by atoms with E-state index in [-0.39, 0.29) is 11.7 Å². The fourth-order valence-electron chi connectivity index (χ4n) is 2.67. The number of nitrogens with one attached hydrogen (secondary N) is 1. The van der Waals surface area contributed by atoms with Gasteiger partial charge in [-0.3, -0.25) is 9.36 Å². The second-order valence-electron chi connectivity index (χ2n) is 6.17. The van der Waals surface area contributed by atoms with Crippen molar-refractivity contribution in [2.75, 3.05) is 24.8 Å². The summed E-state index contributed by atoms with van der Waals surface area (Å²) in [6, 6.07) is 13.8. The van der Waals surface area contributed by atoms with Gasteiger partial charge < -0.3 is 10.1 Å². The molecule has 1 heterocycles. The highest BCUT2D eigenvalue weighted by atomic mass is 32.2. The average Bonchev–Trinajstić information content (AvgIpc) is 3.07. The first-order chi connectivity index (χ1) is 13.6. The number of halogens is 1. The summed E-state index contributed by atoms with van der Waals surface area (Å²) in [5, 5.41) is 11.9. The van der Waals surface area contributed by atoms with E-state index in [9.17, 15) is 9.18 Å². The highest BCUT2D eigenvalue weighted by molar-refractivity contribution is 7.99. The molecule has 0 saturated heterocycles. The van der Waals surface area contributed by atoms with Crippen LogP contribution in [-0.2, 0) is 16.1 Å². The van der Waals surface area contributed by atoms with Crippen molar-refractivity contribution < 1.29 is 13.9 Å². The van der Waals surface area contributed by atoms with E-state index in [4.69, 9.17) is 4.74 Å². The van der Waals surface area contributed by atoms with Gasteiger partial charge in [0.05, 0.1) is 18.9 Å². The summed E-state index contributed by atoms with van der Waals surface area (Å²) in [5.74, 6) is 0.227. The molecule has 146 valence electrons. The van der Waals surface area contributed by atoms with Crippen molar-refractivity contribution in [1.29, 1.82) is 0 Å².